The molecule has 20 heavy (non-hydrogen) atoms. The van der Waals surface area contributed by atoms with Crippen LogP contribution >= 0.6 is 0 Å². The van der Waals surface area contributed by atoms with Crippen LogP contribution in [0, 0.1) is 19.3 Å². The summed E-state index contributed by atoms with van der Waals surface area (Å²) in [5.41, 5.74) is 8.57. The Labute approximate surface area is 119 Å². The number of guanidine groups is 1. The second kappa shape index (κ2) is 5.53. The van der Waals surface area contributed by atoms with E-state index in [1.807, 2.05) is 32.0 Å². The molecular formula is C15H22N4O. The Morgan fingerprint density at radius 1 is 1.30 bits per heavy atom. The van der Waals surface area contributed by atoms with Crippen molar-refractivity contribution in [1.82, 2.24) is 4.90 Å². The molecule has 0 aromatic heterocycles. The van der Waals surface area contributed by atoms with Gasteiger partial charge in [0, 0.05) is 13.1 Å². The van der Waals surface area contributed by atoms with Gasteiger partial charge in [-0.2, -0.15) is 0 Å². The first kappa shape index (κ1) is 14.4. The van der Waals surface area contributed by atoms with E-state index < -0.39 is 0 Å². The molecular weight excluding hydrogens is 252 g/mol. The van der Waals surface area contributed by atoms with E-state index in [0.717, 1.165) is 36.1 Å². The Hall–Kier alpha value is -2.04. The van der Waals surface area contributed by atoms with Crippen molar-refractivity contribution in [2.75, 3.05) is 11.9 Å². The summed E-state index contributed by atoms with van der Waals surface area (Å²) in [6.07, 6.45) is 2.94. The number of hydrogen-bond acceptors (Lipinski definition) is 2. The van der Waals surface area contributed by atoms with Crippen molar-refractivity contribution in [3.63, 3.8) is 0 Å². The van der Waals surface area contributed by atoms with Crippen LogP contribution in [0.4, 0.5) is 10.5 Å². The van der Waals surface area contributed by atoms with Gasteiger partial charge in [0.15, 0.2) is 5.96 Å². The largest absolute Gasteiger partial charge is 0.370 e. The lowest BCUT2D eigenvalue weighted by Crippen LogP contribution is -2.55. The van der Waals surface area contributed by atoms with Gasteiger partial charge in [-0.1, -0.05) is 18.2 Å². The molecule has 0 radical (unpaired) electrons. The number of urea groups is 1. The van der Waals surface area contributed by atoms with Crippen LogP contribution in [0.15, 0.2) is 18.2 Å². The summed E-state index contributed by atoms with van der Waals surface area (Å²) in [4.78, 5) is 15.7. The number of hydrogen-bond donors (Lipinski definition) is 2. The standard InChI is InChI=1S/C15H22N4O/c1-10-6-4-7-11(2)13(10)18(3)15(20)19(14(16)17)12-8-5-9-12/h4,6-7,12H,5,8-9H2,1-3H3,(H3,16,17). The van der Waals surface area contributed by atoms with Gasteiger partial charge in [-0.25, -0.2) is 4.79 Å². The number of nitrogens with zero attached hydrogens (tertiary/aromatic N) is 2. The van der Waals surface area contributed by atoms with Crippen molar-refractivity contribution in [3.05, 3.63) is 29.3 Å². The second-order valence-corrected chi connectivity index (χ2v) is 5.42. The number of nitrogens with two attached hydrogens (primary N) is 1. The van der Waals surface area contributed by atoms with Gasteiger partial charge in [0.2, 0.25) is 0 Å². The third-order valence-electron chi connectivity index (χ3n) is 3.97. The van der Waals surface area contributed by atoms with E-state index in [9.17, 15) is 4.79 Å². The number of para-hydroxylation sites is 1. The number of nitrogens with one attached hydrogen (secondary N) is 1. The van der Waals surface area contributed by atoms with Crippen molar-refractivity contribution in [3.8, 4) is 0 Å². The molecule has 2 amide bonds. The van der Waals surface area contributed by atoms with Gasteiger partial charge in [0.05, 0.1) is 5.69 Å². The minimum Gasteiger partial charge on any atom is -0.370 e. The highest BCUT2D eigenvalue weighted by molar-refractivity contribution is 6.03. The third kappa shape index (κ3) is 2.48. The molecule has 0 bridgehead atoms. The van der Waals surface area contributed by atoms with E-state index in [4.69, 9.17) is 11.1 Å². The molecule has 1 aliphatic rings. The van der Waals surface area contributed by atoms with Crippen molar-refractivity contribution in [2.24, 2.45) is 5.73 Å². The highest BCUT2D eigenvalue weighted by Gasteiger charge is 2.33. The number of rotatable bonds is 2. The zero-order chi connectivity index (χ0) is 14.9. The second-order valence-electron chi connectivity index (χ2n) is 5.42. The Balaban J connectivity index is 2.29. The molecule has 1 fully saturated rings. The lowest BCUT2D eigenvalue weighted by atomic mass is 9.92. The highest BCUT2D eigenvalue weighted by Crippen LogP contribution is 2.28. The molecule has 5 heteroatoms. The number of carbonyl (C=O) groups excluding carboxylic acids is 1. The first-order valence-electron chi connectivity index (χ1n) is 6.90. The lowest BCUT2D eigenvalue weighted by Gasteiger charge is -2.38. The average Bonchev–Trinajstić information content (AvgIpc) is 2.31. The van der Waals surface area contributed by atoms with Crippen LogP contribution in [0.3, 0.4) is 0 Å². The number of benzene rings is 1. The quantitative estimate of drug-likeness (QED) is 0.642. The number of amides is 2. The highest BCUT2D eigenvalue weighted by atomic mass is 16.2. The SMILES string of the molecule is Cc1cccc(C)c1N(C)C(=O)N(C(=N)N)C1CCC1. The van der Waals surface area contributed by atoms with E-state index in [2.05, 4.69) is 0 Å². The van der Waals surface area contributed by atoms with Crippen LogP contribution in [0.25, 0.3) is 0 Å². The van der Waals surface area contributed by atoms with Crippen molar-refractivity contribution >= 4 is 17.7 Å². The molecule has 0 aliphatic heterocycles. The molecule has 2 rings (SSSR count). The normalized spacial score (nSPS) is 14.6. The average molecular weight is 274 g/mol. The summed E-state index contributed by atoms with van der Waals surface area (Å²) in [6, 6.07) is 5.79. The fraction of sp³-hybridized carbons (Fsp3) is 0.467. The summed E-state index contributed by atoms with van der Waals surface area (Å²) in [5.74, 6) is -0.169. The molecule has 0 spiro atoms. The molecule has 0 saturated heterocycles. The van der Waals surface area contributed by atoms with Crippen molar-refractivity contribution < 1.29 is 4.79 Å². The van der Waals surface area contributed by atoms with E-state index >= 15 is 0 Å². The predicted octanol–water partition coefficient (Wildman–Crippen LogP) is 2.61. The van der Waals surface area contributed by atoms with Gasteiger partial charge >= 0.3 is 6.03 Å². The maximum absolute atomic E-state index is 12.7. The minimum absolute atomic E-state index is 0.0757. The molecule has 1 saturated carbocycles. The maximum atomic E-state index is 12.7. The molecule has 0 heterocycles. The van der Waals surface area contributed by atoms with Crippen molar-refractivity contribution in [1.29, 1.82) is 5.41 Å². The molecule has 108 valence electrons. The molecule has 0 atom stereocenters. The summed E-state index contributed by atoms with van der Waals surface area (Å²) >= 11 is 0. The summed E-state index contributed by atoms with van der Waals surface area (Å²) in [7, 11) is 1.74. The van der Waals surface area contributed by atoms with E-state index in [1.54, 1.807) is 11.9 Å². The van der Waals surface area contributed by atoms with E-state index in [-0.39, 0.29) is 18.0 Å². The monoisotopic (exact) mass is 274 g/mol. The molecule has 1 aliphatic carbocycles. The van der Waals surface area contributed by atoms with Crippen LogP contribution in [0.1, 0.15) is 30.4 Å². The number of aryl methyl sites for hydroxylation is 2. The first-order valence-corrected chi connectivity index (χ1v) is 6.90. The van der Waals surface area contributed by atoms with E-state index in [1.165, 1.54) is 4.90 Å². The molecule has 1 aromatic carbocycles. The lowest BCUT2D eigenvalue weighted by molar-refractivity contribution is 0.188. The van der Waals surface area contributed by atoms with Crippen LogP contribution in [0.5, 0.6) is 0 Å². The van der Waals surface area contributed by atoms with Gasteiger partial charge in [0.25, 0.3) is 0 Å². The van der Waals surface area contributed by atoms with Crippen LogP contribution in [-0.2, 0) is 0 Å². The molecule has 3 N–H and O–H groups in total. The topological polar surface area (TPSA) is 73.4 Å². The van der Waals surface area contributed by atoms with Crippen LogP contribution in [-0.4, -0.2) is 30.0 Å². The van der Waals surface area contributed by atoms with Gasteiger partial charge in [-0.3, -0.25) is 15.2 Å². The van der Waals surface area contributed by atoms with Gasteiger partial charge < -0.3 is 5.73 Å². The number of carbonyl (C=O) groups is 1. The summed E-state index contributed by atoms with van der Waals surface area (Å²) in [5, 5.41) is 7.67. The molecule has 1 aromatic rings. The first-order chi connectivity index (χ1) is 9.43. The Morgan fingerprint density at radius 3 is 2.25 bits per heavy atom. The van der Waals surface area contributed by atoms with Crippen LogP contribution in [0.2, 0.25) is 0 Å². The maximum Gasteiger partial charge on any atom is 0.331 e. The molecule has 5 nitrogen and oxygen atoms in total. The zero-order valence-corrected chi connectivity index (χ0v) is 12.3. The Kier molecular flexibility index (Phi) is 3.97. The fourth-order valence-corrected chi connectivity index (χ4v) is 2.69. The van der Waals surface area contributed by atoms with E-state index in [0.29, 0.717) is 0 Å². The smallest absolute Gasteiger partial charge is 0.331 e. The van der Waals surface area contributed by atoms with Crippen LogP contribution < -0.4 is 10.6 Å². The van der Waals surface area contributed by atoms with Crippen molar-refractivity contribution in [2.45, 2.75) is 39.2 Å². The summed E-state index contributed by atoms with van der Waals surface area (Å²) < 4.78 is 0. The predicted molar refractivity (Wildman–Crippen MR) is 81.1 cm³/mol. The van der Waals surface area contributed by atoms with Gasteiger partial charge in [-0.05, 0) is 44.2 Å². The molecule has 0 unspecified atom stereocenters. The minimum atomic E-state index is -0.223. The summed E-state index contributed by atoms with van der Waals surface area (Å²) in [6.45, 7) is 3.96. The Morgan fingerprint density at radius 2 is 1.85 bits per heavy atom. The van der Waals surface area contributed by atoms with Gasteiger partial charge in [0.1, 0.15) is 0 Å². The fourth-order valence-electron chi connectivity index (χ4n) is 2.69. The zero-order valence-electron chi connectivity index (χ0n) is 12.3. The number of anilines is 1. The Bertz CT molecular complexity index is 516. The third-order valence-corrected chi connectivity index (χ3v) is 3.97. The van der Waals surface area contributed by atoms with Gasteiger partial charge in [-0.15, -0.1) is 0 Å².